The molecule has 5 nitrogen and oxygen atoms in total. The van der Waals surface area contributed by atoms with Gasteiger partial charge in [0.05, 0.1) is 18.8 Å². The second-order valence-electron chi connectivity index (χ2n) is 8.03. The third-order valence-electron chi connectivity index (χ3n) is 7.20. The minimum Gasteiger partial charge on any atom is -0.394 e. The molecule has 0 radical (unpaired) electrons. The van der Waals surface area contributed by atoms with Crippen molar-refractivity contribution in [2.24, 2.45) is 10.8 Å². The summed E-state index contributed by atoms with van der Waals surface area (Å²) in [6, 6.07) is 0. The lowest BCUT2D eigenvalue weighted by atomic mass is 9.42. The van der Waals surface area contributed by atoms with Crippen molar-refractivity contribution in [1.82, 2.24) is 0 Å². The van der Waals surface area contributed by atoms with Crippen molar-refractivity contribution in [3.8, 4) is 0 Å². The van der Waals surface area contributed by atoms with Crippen molar-refractivity contribution in [3.05, 3.63) is 0 Å². The third kappa shape index (κ3) is 3.28. The van der Waals surface area contributed by atoms with E-state index in [1.165, 1.54) is 0 Å². The molecule has 2 rings (SSSR count). The van der Waals surface area contributed by atoms with Crippen molar-refractivity contribution in [1.29, 1.82) is 0 Å². The molecule has 6 heteroatoms. The summed E-state index contributed by atoms with van der Waals surface area (Å²) >= 11 is 0. The Kier molecular flexibility index (Phi) is 6.38. The van der Waals surface area contributed by atoms with Crippen molar-refractivity contribution in [2.45, 2.75) is 90.3 Å². The molecule has 0 aliphatic heterocycles. The third-order valence-corrected chi connectivity index (χ3v) is 7.71. The molecule has 2 aliphatic carbocycles. The largest absolute Gasteiger partial charge is 0.394 e. The maximum atomic E-state index is 9.61. The Balaban J connectivity index is 2.28. The summed E-state index contributed by atoms with van der Waals surface area (Å²) in [5.41, 5.74) is -0.674. The number of hydrogen-bond acceptors (Lipinski definition) is 5. The first-order valence-electron chi connectivity index (χ1n) is 9.42. The summed E-state index contributed by atoms with van der Waals surface area (Å²) in [6.45, 7) is 9.05. The molecule has 0 heterocycles. The Bertz CT molecular complexity index is 402. The van der Waals surface area contributed by atoms with Gasteiger partial charge in [-0.25, -0.2) is 0 Å². The van der Waals surface area contributed by atoms with Crippen LogP contribution in [0.3, 0.4) is 0 Å². The molecule has 142 valence electrons. The molecule has 2 fully saturated rings. The van der Waals surface area contributed by atoms with Crippen LogP contribution in [0, 0.1) is 10.8 Å². The van der Waals surface area contributed by atoms with Gasteiger partial charge in [-0.15, -0.1) is 0 Å². The zero-order valence-electron chi connectivity index (χ0n) is 15.7. The monoisotopic (exact) mass is 362 g/mol. The number of rotatable bonds is 10. The second kappa shape index (κ2) is 7.46. The molecule has 24 heavy (non-hydrogen) atoms. The summed E-state index contributed by atoms with van der Waals surface area (Å²) in [7, 11) is -2.43. The van der Waals surface area contributed by atoms with E-state index < -0.39 is 19.8 Å². The number of hydrogen-bond donors (Lipinski definition) is 3. The first kappa shape index (κ1) is 20.5. The van der Waals surface area contributed by atoms with E-state index in [4.69, 9.17) is 9.26 Å². The highest BCUT2D eigenvalue weighted by Crippen LogP contribution is 2.70. The summed E-state index contributed by atoms with van der Waals surface area (Å²) < 4.78 is 12.0. The van der Waals surface area contributed by atoms with Crippen LogP contribution < -0.4 is 0 Å². The van der Waals surface area contributed by atoms with Crippen LogP contribution in [0.4, 0.5) is 0 Å². The lowest BCUT2D eigenvalue weighted by Crippen LogP contribution is -2.73. The summed E-state index contributed by atoms with van der Waals surface area (Å²) in [6.07, 6.45) is 7.66. The van der Waals surface area contributed by atoms with Crippen LogP contribution in [0.2, 0.25) is 0 Å². The highest BCUT2D eigenvalue weighted by atomic mass is 31.2. The fourth-order valence-corrected chi connectivity index (χ4v) is 5.85. The smallest absolute Gasteiger partial charge is 0.327 e. The summed E-state index contributed by atoms with van der Waals surface area (Å²) in [5, 5.41) is 9.27. The first-order chi connectivity index (χ1) is 11.3. The van der Waals surface area contributed by atoms with Crippen molar-refractivity contribution in [3.63, 3.8) is 0 Å². The SMILES string of the molecule is CCC1(CC)CC(OCCO)(C2(OP(O)O)CC(CC)(CC)C2)C1. The Morgan fingerprint density at radius 2 is 1.21 bits per heavy atom. The summed E-state index contributed by atoms with van der Waals surface area (Å²) in [4.78, 5) is 19.2. The quantitative estimate of drug-likeness (QED) is 0.514. The maximum Gasteiger partial charge on any atom is 0.327 e. The predicted octanol–water partition coefficient (Wildman–Crippen LogP) is 3.90. The Morgan fingerprint density at radius 1 is 0.792 bits per heavy atom. The zero-order chi connectivity index (χ0) is 18.1. The van der Waals surface area contributed by atoms with Gasteiger partial charge in [0, 0.05) is 0 Å². The Labute approximate surface area is 147 Å². The van der Waals surface area contributed by atoms with Crippen LogP contribution in [0.15, 0.2) is 0 Å². The topological polar surface area (TPSA) is 79.2 Å². The zero-order valence-corrected chi connectivity index (χ0v) is 16.6. The predicted molar refractivity (Wildman–Crippen MR) is 95.4 cm³/mol. The van der Waals surface area contributed by atoms with Gasteiger partial charge in [0.1, 0.15) is 5.60 Å². The molecule has 2 saturated carbocycles. The van der Waals surface area contributed by atoms with Crippen molar-refractivity contribution >= 4 is 8.60 Å². The molecule has 0 aromatic carbocycles. The number of aliphatic hydroxyl groups is 1. The number of ether oxygens (including phenoxy) is 1. The lowest BCUT2D eigenvalue weighted by molar-refractivity contribution is -0.307. The molecular weight excluding hydrogens is 327 g/mol. The number of aliphatic hydroxyl groups excluding tert-OH is 1. The minimum atomic E-state index is -2.43. The minimum absolute atomic E-state index is 0.0250. The molecule has 2 aliphatic rings. The molecule has 0 bridgehead atoms. The molecule has 0 atom stereocenters. The molecular formula is C18H35O5P. The van der Waals surface area contributed by atoms with Gasteiger partial charge >= 0.3 is 8.60 Å². The fraction of sp³-hybridized carbons (Fsp3) is 1.00. The molecule has 0 aromatic heterocycles. The van der Waals surface area contributed by atoms with Crippen molar-refractivity contribution in [2.75, 3.05) is 13.2 Å². The molecule has 0 unspecified atom stereocenters. The maximum absolute atomic E-state index is 9.61. The molecule has 0 amide bonds. The van der Waals surface area contributed by atoms with E-state index in [1.807, 2.05) is 0 Å². The van der Waals surface area contributed by atoms with Gasteiger partial charge in [-0.3, -0.25) is 0 Å². The average Bonchev–Trinajstić information content (AvgIpc) is 2.50. The molecule has 0 spiro atoms. The van der Waals surface area contributed by atoms with Crippen LogP contribution in [-0.2, 0) is 9.26 Å². The lowest BCUT2D eigenvalue weighted by Gasteiger charge is -2.70. The van der Waals surface area contributed by atoms with E-state index in [2.05, 4.69) is 27.7 Å². The summed E-state index contributed by atoms with van der Waals surface area (Å²) in [5.74, 6) is 0. The van der Waals surface area contributed by atoms with E-state index in [9.17, 15) is 14.9 Å². The Hall–Kier alpha value is 0.230. The van der Waals surface area contributed by atoms with Crippen LogP contribution in [0.5, 0.6) is 0 Å². The van der Waals surface area contributed by atoms with Gasteiger partial charge in [0.2, 0.25) is 0 Å². The second-order valence-corrected chi connectivity index (χ2v) is 8.71. The van der Waals surface area contributed by atoms with E-state index in [1.54, 1.807) is 0 Å². The first-order valence-corrected chi connectivity index (χ1v) is 10.6. The van der Waals surface area contributed by atoms with Crippen LogP contribution >= 0.6 is 8.60 Å². The van der Waals surface area contributed by atoms with Gasteiger partial charge in [0.15, 0.2) is 0 Å². The normalized spacial score (nSPS) is 26.0. The fourth-order valence-electron chi connectivity index (χ4n) is 5.24. The Morgan fingerprint density at radius 3 is 1.54 bits per heavy atom. The van der Waals surface area contributed by atoms with E-state index >= 15 is 0 Å². The van der Waals surface area contributed by atoms with Crippen LogP contribution in [0.25, 0.3) is 0 Å². The molecule has 3 N–H and O–H groups in total. The van der Waals surface area contributed by atoms with E-state index in [-0.39, 0.29) is 24.0 Å². The van der Waals surface area contributed by atoms with Gasteiger partial charge in [0.25, 0.3) is 0 Å². The standard InChI is InChI=1S/C18H35O5P/c1-5-15(6-2)11-17(12-15,22-10-9-19)18(23-24(20)21)13-16(7-3,8-4)14-18/h19-21H,5-14H2,1-4H3. The average molecular weight is 362 g/mol. The van der Waals surface area contributed by atoms with Crippen LogP contribution in [0.1, 0.15) is 79.1 Å². The van der Waals surface area contributed by atoms with Gasteiger partial charge in [-0.1, -0.05) is 53.4 Å². The molecule has 0 aromatic rings. The highest BCUT2D eigenvalue weighted by molar-refractivity contribution is 7.39. The van der Waals surface area contributed by atoms with E-state index in [0.717, 1.165) is 51.4 Å². The van der Waals surface area contributed by atoms with Gasteiger partial charge in [-0.05, 0) is 36.5 Å². The van der Waals surface area contributed by atoms with Gasteiger partial charge in [-0.2, -0.15) is 0 Å². The van der Waals surface area contributed by atoms with Gasteiger partial charge < -0.3 is 24.2 Å². The highest BCUT2D eigenvalue weighted by Gasteiger charge is 2.71. The van der Waals surface area contributed by atoms with Crippen LogP contribution in [-0.4, -0.2) is 39.3 Å². The molecule has 0 saturated heterocycles. The van der Waals surface area contributed by atoms with E-state index in [0.29, 0.717) is 0 Å². The van der Waals surface area contributed by atoms with Crippen molar-refractivity contribution < 1.29 is 24.2 Å².